The first kappa shape index (κ1) is 15.7. The summed E-state index contributed by atoms with van der Waals surface area (Å²) in [4.78, 5) is 0. The summed E-state index contributed by atoms with van der Waals surface area (Å²) in [5.74, 6) is 3.13. The molecule has 4 heteroatoms. The van der Waals surface area contributed by atoms with Crippen molar-refractivity contribution in [2.24, 2.45) is 0 Å². The van der Waals surface area contributed by atoms with E-state index in [1.165, 1.54) is 5.56 Å². The van der Waals surface area contributed by atoms with Gasteiger partial charge < -0.3 is 15.2 Å². The van der Waals surface area contributed by atoms with E-state index in [-0.39, 0.29) is 5.60 Å². The molecule has 0 amide bonds. The van der Waals surface area contributed by atoms with Crippen molar-refractivity contribution in [2.45, 2.75) is 38.3 Å². The predicted molar refractivity (Wildman–Crippen MR) is 85.5 cm³/mol. The van der Waals surface area contributed by atoms with Gasteiger partial charge in [-0.05, 0) is 32.1 Å². The number of rotatable bonds is 7. The zero-order valence-electron chi connectivity index (χ0n) is 12.4. The molecule has 1 atom stereocenters. The number of benzene rings is 1. The standard InChI is InChI=1S/C16H25NO2S/c1-16(2)12-14(17-8-11-20-10-5-9-18)13-6-3-4-7-15(13)19-16/h3-4,6-7,14,17-18H,5,8-12H2,1-2H3. The number of aliphatic hydroxyl groups is 1. The Bertz CT molecular complexity index is 423. The summed E-state index contributed by atoms with van der Waals surface area (Å²) in [7, 11) is 0. The molecule has 1 heterocycles. The van der Waals surface area contributed by atoms with E-state index in [9.17, 15) is 0 Å². The SMILES string of the molecule is CC1(C)CC(NCCSCCCO)c2ccccc2O1. The van der Waals surface area contributed by atoms with Crippen molar-refractivity contribution < 1.29 is 9.84 Å². The van der Waals surface area contributed by atoms with E-state index in [0.29, 0.717) is 12.6 Å². The molecule has 1 aliphatic heterocycles. The van der Waals surface area contributed by atoms with Crippen molar-refractivity contribution in [1.82, 2.24) is 5.32 Å². The number of nitrogens with one attached hydrogen (secondary N) is 1. The molecule has 2 rings (SSSR count). The van der Waals surface area contributed by atoms with Gasteiger partial charge in [0.2, 0.25) is 0 Å². The number of fused-ring (bicyclic) bond motifs is 1. The van der Waals surface area contributed by atoms with Crippen LogP contribution in [0.3, 0.4) is 0 Å². The molecule has 0 bridgehead atoms. The van der Waals surface area contributed by atoms with Crippen molar-refractivity contribution in [3.8, 4) is 5.75 Å². The Labute approximate surface area is 126 Å². The number of hydrogen-bond acceptors (Lipinski definition) is 4. The Balaban J connectivity index is 1.87. The molecule has 20 heavy (non-hydrogen) atoms. The first-order valence-corrected chi connectivity index (χ1v) is 8.48. The van der Waals surface area contributed by atoms with Gasteiger partial charge in [0.05, 0.1) is 0 Å². The van der Waals surface area contributed by atoms with Crippen LogP contribution in [-0.4, -0.2) is 35.4 Å². The lowest BCUT2D eigenvalue weighted by Crippen LogP contribution is -2.40. The van der Waals surface area contributed by atoms with Gasteiger partial charge in [0.1, 0.15) is 11.4 Å². The van der Waals surface area contributed by atoms with E-state index >= 15 is 0 Å². The van der Waals surface area contributed by atoms with Crippen LogP contribution in [0.2, 0.25) is 0 Å². The maximum Gasteiger partial charge on any atom is 0.124 e. The maximum absolute atomic E-state index is 8.75. The highest BCUT2D eigenvalue weighted by molar-refractivity contribution is 7.99. The van der Waals surface area contributed by atoms with Crippen molar-refractivity contribution in [2.75, 3.05) is 24.7 Å². The highest BCUT2D eigenvalue weighted by Gasteiger charge is 2.32. The second-order valence-corrected chi connectivity index (χ2v) is 7.02. The smallest absolute Gasteiger partial charge is 0.124 e. The third-order valence-electron chi connectivity index (χ3n) is 3.46. The van der Waals surface area contributed by atoms with Crippen molar-refractivity contribution in [1.29, 1.82) is 0 Å². The van der Waals surface area contributed by atoms with Crippen LogP contribution < -0.4 is 10.1 Å². The largest absolute Gasteiger partial charge is 0.487 e. The number of ether oxygens (including phenoxy) is 1. The van der Waals surface area contributed by atoms with E-state index in [0.717, 1.165) is 36.6 Å². The molecule has 0 radical (unpaired) electrons. The maximum atomic E-state index is 8.75. The molecule has 2 N–H and O–H groups in total. The lowest BCUT2D eigenvalue weighted by Gasteiger charge is -2.38. The molecule has 1 aromatic carbocycles. The molecule has 1 aliphatic rings. The molecule has 3 nitrogen and oxygen atoms in total. The molecule has 1 unspecified atom stereocenters. The van der Waals surface area contributed by atoms with Gasteiger partial charge >= 0.3 is 0 Å². The van der Waals surface area contributed by atoms with E-state index in [1.807, 2.05) is 17.8 Å². The van der Waals surface area contributed by atoms with Gasteiger partial charge in [-0.3, -0.25) is 0 Å². The van der Waals surface area contributed by atoms with E-state index in [4.69, 9.17) is 9.84 Å². The van der Waals surface area contributed by atoms with Crippen LogP contribution in [0.1, 0.15) is 38.3 Å². The molecular weight excluding hydrogens is 270 g/mol. The summed E-state index contributed by atoms with van der Waals surface area (Å²) in [6.45, 7) is 5.58. The molecule has 0 aliphatic carbocycles. The quantitative estimate of drug-likeness (QED) is 0.759. The van der Waals surface area contributed by atoms with Crippen LogP contribution in [0.15, 0.2) is 24.3 Å². The molecule has 0 aromatic heterocycles. The Kier molecular flexibility index (Phi) is 5.75. The van der Waals surface area contributed by atoms with E-state index in [1.54, 1.807) is 0 Å². The third kappa shape index (κ3) is 4.40. The van der Waals surface area contributed by atoms with Crippen molar-refractivity contribution in [3.05, 3.63) is 29.8 Å². The molecular formula is C16H25NO2S. The van der Waals surface area contributed by atoms with Crippen molar-refractivity contribution in [3.63, 3.8) is 0 Å². The number of hydrogen-bond donors (Lipinski definition) is 2. The average Bonchev–Trinajstić information content (AvgIpc) is 2.41. The first-order valence-electron chi connectivity index (χ1n) is 7.32. The monoisotopic (exact) mass is 295 g/mol. The molecule has 0 saturated heterocycles. The normalized spacial score (nSPS) is 20.2. The van der Waals surface area contributed by atoms with Crippen LogP contribution in [0, 0.1) is 0 Å². The number of aliphatic hydroxyl groups excluding tert-OH is 1. The fourth-order valence-corrected chi connectivity index (χ4v) is 3.36. The van der Waals surface area contributed by atoms with Gasteiger partial charge in [-0.25, -0.2) is 0 Å². The van der Waals surface area contributed by atoms with Gasteiger partial charge in [-0.15, -0.1) is 0 Å². The lowest BCUT2D eigenvalue weighted by atomic mass is 9.90. The highest BCUT2D eigenvalue weighted by atomic mass is 32.2. The zero-order chi connectivity index (χ0) is 14.4. The Morgan fingerprint density at radius 2 is 2.15 bits per heavy atom. The summed E-state index contributed by atoms with van der Waals surface area (Å²) in [6, 6.07) is 8.68. The van der Waals surface area contributed by atoms with Crippen molar-refractivity contribution >= 4 is 11.8 Å². The van der Waals surface area contributed by atoms with Gasteiger partial charge in [0.25, 0.3) is 0 Å². The minimum atomic E-state index is -0.115. The fourth-order valence-electron chi connectivity index (χ4n) is 2.56. The first-order chi connectivity index (χ1) is 9.62. The van der Waals surface area contributed by atoms with Crippen LogP contribution in [0.25, 0.3) is 0 Å². The Morgan fingerprint density at radius 3 is 2.95 bits per heavy atom. The minimum absolute atomic E-state index is 0.115. The number of para-hydroxylation sites is 1. The molecule has 0 saturated carbocycles. The van der Waals surface area contributed by atoms with Crippen LogP contribution in [0.5, 0.6) is 5.75 Å². The third-order valence-corrected chi connectivity index (χ3v) is 4.53. The summed E-state index contributed by atoms with van der Waals surface area (Å²) in [5, 5.41) is 12.4. The summed E-state index contributed by atoms with van der Waals surface area (Å²) < 4.78 is 6.04. The van der Waals surface area contributed by atoms with E-state index in [2.05, 4.69) is 37.4 Å². The molecule has 1 aromatic rings. The fraction of sp³-hybridized carbons (Fsp3) is 0.625. The lowest BCUT2D eigenvalue weighted by molar-refractivity contribution is 0.0665. The number of thioether (sulfide) groups is 1. The molecule has 112 valence electrons. The highest BCUT2D eigenvalue weighted by Crippen LogP contribution is 2.39. The second-order valence-electron chi connectivity index (χ2n) is 5.80. The Hall–Kier alpha value is -0.710. The van der Waals surface area contributed by atoms with Gasteiger partial charge in [0, 0.05) is 36.9 Å². The Morgan fingerprint density at radius 1 is 1.35 bits per heavy atom. The molecule has 0 fully saturated rings. The topological polar surface area (TPSA) is 41.5 Å². The van der Waals surface area contributed by atoms with Crippen LogP contribution >= 0.6 is 11.8 Å². The van der Waals surface area contributed by atoms with Gasteiger partial charge in [-0.1, -0.05) is 18.2 Å². The predicted octanol–water partition coefficient (Wildman–Crippen LogP) is 2.99. The second kappa shape index (κ2) is 7.34. The van der Waals surface area contributed by atoms with Gasteiger partial charge in [-0.2, -0.15) is 11.8 Å². The van der Waals surface area contributed by atoms with Crippen LogP contribution in [0.4, 0.5) is 0 Å². The zero-order valence-corrected chi connectivity index (χ0v) is 13.2. The van der Waals surface area contributed by atoms with Crippen LogP contribution in [-0.2, 0) is 0 Å². The molecule has 0 spiro atoms. The van der Waals surface area contributed by atoms with Gasteiger partial charge in [0.15, 0.2) is 0 Å². The summed E-state index contributed by atoms with van der Waals surface area (Å²) >= 11 is 1.89. The minimum Gasteiger partial charge on any atom is -0.487 e. The average molecular weight is 295 g/mol. The summed E-state index contributed by atoms with van der Waals surface area (Å²) in [5.41, 5.74) is 1.16. The summed E-state index contributed by atoms with van der Waals surface area (Å²) in [6.07, 6.45) is 1.88. The van der Waals surface area contributed by atoms with E-state index < -0.39 is 0 Å².